The van der Waals surface area contributed by atoms with Crippen molar-refractivity contribution in [2.24, 2.45) is 5.41 Å². The van der Waals surface area contributed by atoms with Gasteiger partial charge in [-0.25, -0.2) is 9.59 Å². The number of carbonyl (C=O) groups is 2. The average molecular weight is 270 g/mol. The number of aromatic carboxylic acids is 1. The summed E-state index contributed by atoms with van der Waals surface area (Å²) < 4.78 is 0. The molecule has 0 bridgehead atoms. The van der Waals surface area contributed by atoms with Crippen LogP contribution in [-0.4, -0.2) is 35.4 Å². The lowest BCUT2D eigenvalue weighted by atomic mass is 10.1. The number of aliphatic hydroxyl groups is 1. The Kier molecular flexibility index (Phi) is 3.53. The Labute approximate surface area is 108 Å². The van der Waals surface area contributed by atoms with Crippen molar-refractivity contribution in [3.63, 3.8) is 0 Å². The molecule has 0 atom stereocenters. The summed E-state index contributed by atoms with van der Waals surface area (Å²) in [6, 6.07) is 0.998. The fourth-order valence-electron chi connectivity index (χ4n) is 1.56. The Bertz CT molecular complexity index is 467. The summed E-state index contributed by atoms with van der Waals surface area (Å²) in [5, 5.41) is 25.0. The number of amides is 2. The molecule has 1 aromatic heterocycles. The van der Waals surface area contributed by atoms with Crippen molar-refractivity contribution < 1.29 is 19.8 Å². The molecular weight excluding hydrogens is 256 g/mol. The van der Waals surface area contributed by atoms with E-state index in [2.05, 4.69) is 10.6 Å². The van der Waals surface area contributed by atoms with Gasteiger partial charge in [0, 0.05) is 12.0 Å². The Balaban J connectivity index is 1.87. The number of rotatable bonds is 5. The minimum Gasteiger partial charge on any atom is -0.478 e. The number of carbonyl (C=O) groups excluding carboxylic acids is 1. The summed E-state index contributed by atoms with van der Waals surface area (Å²) >= 11 is 1.16. The maximum atomic E-state index is 11.6. The second-order valence-electron chi connectivity index (χ2n) is 4.43. The Hall–Kier alpha value is -1.60. The number of hydrogen-bond acceptors (Lipinski definition) is 4. The van der Waals surface area contributed by atoms with Gasteiger partial charge in [0.2, 0.25) is 0 Å². The highest BCUT2D eigenvalue weighted by Crippen LogP contribution is 2.44. The van der Waals surface area contributed by atoms with E-state index in [1.807, 2.05) is 0 Å². The quantitative estimate of drug-likeness (QED) is 0.649. The monoisotopic (exact) mass is 270 g/mol. The maximum Gasteiger partial charge on any atom is 0.338 e. The van der Waals surface area contributed by atoms with Crippen LogP contribution in [-0.2, 0) is 0 Å². The van der Waals surface area contributed by atoms with Gasteiger partial charge < -0.3 is 15.5 Å². The second kappa shape index (κ2) is 4.95. The molecule has 0 aliphatic heterocycles. The zero-order valence-corrected chi connectivity index (χ0v) is 10.4. The van der Waals surface area contributed by atoms with E-state index < -0.39 is 12.0 Å². The van der Waals surface area contributed by atoms with Crippen LogP contribution in [0, 0.1) is 5.41 Å². The Morgan fingerprint density at radius 2 is 2.17 bits per heavy atom. The van der Waals surface area contributed by atoms with Crippen LogP contribution in [0.15, 0.2) is 11.4 Å². The number of nitrogens with one attached hydrogen (secondary N) is 2. The third-order valence-electron chi connectivity index (χ3n) is 3.04. The average Bonchev–Trinajstić information content (AvgIpc) is 2.98. The molecule has 0 saturated heterocycles. The van der Waals surface area contributed by atoms with Gasteiger partial charge >= 0.3 is 12.0 Å². The smallest absolute Gasteiger partial charge is 0.338 e. The first-order valence-corrected chi connectivity index (χ1v) is 6.41. The number of thiophene rings is 1. The van der Waals surface area contributed by atoms with Gasteiger partial charge in [-0.1, -0.05) is 0 Å². The summed E-state index contributed by atoms with van der Waals surface area (Å²) in [7, 11) is 0. The van der Waals surface area contributed by atoms with E-state index in [0.29, 0.717) is 11.5 Å². The van der Waals surface area contributed by atoms with Gasteiger partial charge in [-0.05, 0) is 24.3 Å². The van der Waals surface area contributed by atoms with Crippen LogP contribution in [0.5, 0.6) is 0 Å². The molecule has 2 rings (SSSR count). The van der Waals surface area contributed by atoms with Gasteiger partial charge in [0.15, 0.2) is 0 Å². The SMILES string of the molecule is O=C(NCC1(CO)CC1)Nc1sccc1C(=O)O. The lowest BCUT2D eigenvalue weighted by Crippen LogP contribution is -2.35. The second-order valence-corrected chi connectivity index (χ2v) is 5.35. The maximum absolute atomic E-state index is 11.6. The molecule has 1 heterocycles. The molecule has 0 unspecified atom stereocenters. The van der Waals surface area contributed by atoms with Crippen molar-refractivity contribution in [2.45, 2.75) is 12.8 Å². The Morgan fingerprint density at radius 3 is 2.72 bits per heavy atom. The molecule has 0 radical (unpaired) electrons. The van der Waals surface area contributed by atoms with Crippen molar-refractivity contribution >= 4 is 28.3 Å². The molecule has 7 heteroatoms. The third kappa shape index (κ3) is 2.80. The van der Waals surface area contributed by atoms with E-state index in [-0.39, 0.29) is 17.6 Å². The molecule has 1 aliphatic rings. The Morgan fingerprint density at radius 1 is 1.44 bits per heavy atom. The third-order valence-corrected chi connectivity index (χ3v) is 3.87. The van der Waals surface area contributed by atoms with Crippen molar-refractivity contribution in [1.29, 1.82) is 0 Å². The predicted molar refractivity (Wildman–Crippen MR) is 67.1 cm³/mol. The van der Waals surface area contributed by atoms with Gasteiger partial charge in [0.25, 0.3) is 0 Å². The number of carboxylic acid groups (broad SMARTS) is 1. The van der Waals surface area contributed by atoms with Crippen LogP contribution < -0.4 is 10.6 Å². The van der Waals surface area contributed by atoms with E-state index >= 15 is 0 Å². The first kappa shape index (κ1) is 12.8. The van der Waals surface area contributed by atoms with Crippen LogP contribution in [0.1, 0.15) is 23.2 Å². The minimum atomic E-state index is -1.07. The van der Waals surface area contributed by atoms with Gasteiger partial charge in [0.1, 0.15) is 5.00 Å². The van der Waals surface area contributed by atoms with E-state index in [0.717, 1.165) is 24.2 Å². The fourth-order valence-corrected chi connectivity index (χ4v) is 2.33. The van der Waals surface area contributed by atoms with Crippen LogP contribution in [0.25, 0.3) is 0 Å². The lowest BCUT2D eigenvalue weighted by Gasteiger charge is -2.13. The molecule has 18 heavy (non-hydrogen) atoms. The molecule has 98 valence electrons. The highest BCUT2D eigenvalue weighted by atomic mass is 32.1. The molecule has 0 spiro atoms. The number of urea groups is 1. The van der Waals surface area contributed by atoms with Crippen LogP contribution in [0.2, 0.25) is 0 Å². The van der Waals surface area contributed by atoms with Crippen molar-refractivity contribution in [2.75, 3.05) is 18.5 Å². The summed E-state index contributed by atoms with van der Waals surface area (Å²) in [5.41, 5.74) is -0.0824. The number of anilines is 1. The number of hydrogen-bond donors (Lipinski definition) is 4. The first-order chi connectivity index (χ1) is 8.56. The molecule has 1 aliphatic carbocycles. The lowest BCUT2D eigenvalue weighted by molar-refractivity contribution is 0.0698. The van der Waals surface area contributed by atoms with Crippen molar-refractivity contribution in [3.8, 4) is 0 Å². The standard InChI is InChI=1S/C11H14N2O4S/c14-6-11(2-3-11)5-12-10(17)13-8-7(9(15)16)1-4-18-8/h1,4,14H,2-3,5-6H2,(H,15,16)(H2,12,13,17). The fraction of sp³-hybridized carbons (Fsp3) is 0.455. The van der Waals surface area contributed by atoms with Crippen molar-refractivity contribution in [1.82, 2.24) is 5.32 Å². The van der Waals surface area contributed by atoms with Gasteiger partial charge in [-0.15, -0.1) is 11.3 Å². The highest BCUT2D eigenvalue weighted by Gasteiger charge is 2.42. The number of aliphatic hydroxyl groups excluding tert-OH is 1. The zero-order chi connectivity index (χ0) is 13.2. The van der Waals surface area contributed by atoms with E-state index in [1.165, 1.54) is 6.07 Å². The largest absolute Gasteiger partial charge is 0.478 e. The topological polar surface area (TPSA) is 98.7 Å². The van der Waals surface area contributed by atoms with Crippen LogP contribution in [0.4, 0.5) is 9.80 Å². The zero-order valence-electron chi connectivity index (χ0n) is 9.60. The summed E-state index contributed by atoms with van der Waals surface area (Å²) in [6.45, 7) is 0.468. The predicted octanol–water partition coefficient (Wildman–Crippen LogP) is 1.34. The normalized spacial score (nSPS) is 16.1. The van der Waals surface area contributed by atoms with Crippen LogP contribution >= 0.6 is 11.3 Å². The summed E-state index contributed by atoms with van der Waals surface area (Å²) in [5.74, 6) is -1.07. The summed E-state index contributed by atoms with van der Waals surface area (Å²) in [6.07, 6.45) is 1.81. The van der Waals surface area contributed by atoms with Gasteiger partial charge in [-0.3, -0.25) is 5.32 Å². The molecular formula is C11H14N2O4S. The van der Waals surface area contributed by atoms with Crippen LogP contribution in [0.3, 0.4) is 0 Å². The molecule has 1 aromatic rings. The first-order valence-electron chi connectivity index (χ1n) is 5.53. The van der Waals surface area contributed by atoms with E-state index in [1.54, 1.807) is 5.38 Å². The molecule has 6 nitrogen and oxygen atoms in total. The molecule has 1 saturated carbocycles. The van der Waals surface area contributed by atoms with E-state index in [9.17, 15) is 9.59 Å². The van der Waals surface area contributed by atoms with Crippen molar-refractivity contribution in [3.05, 3.63) is 17.0 Å². The molecule has 1 fully saturated rings. The number of carboxylic acids is 1. The highest BCUT2D eigenvalue weighted by molar-refractivity contribution is 7.14. The molecule has 2 amide bonds. The van der Waals surface area contributed by atoms with Gasteiger partial charge in [-0.2, -0.15) is 0 Å². The van der Waals surface area contributed by atoms with Gasteiger partial charge in [0.05, 0.1) is 12.2 Å². The summed E-state index contributed by atoms with van der Waals surface area (Å²) in [4.78, 5) is 22.4. The molecule has 4 N–H and O–H groups in total. The minimum absolute atomic E-state index is 0.0622. The van der Waals surface area contributed by atoms with E-state index in [4.69, 9.17) is 10.2 Å². The molecule has 0 aromatic carbocycles.